The van der Waals surface area contributed by atoms with Crippen LogP contribution in [0.5, 0.6) is 0 Å². The highest BCUT2D eigenvalue weighted by atomic mass is 14.5. The van der Waals surface area contributed by atoms with E-state index in [9.17, 15) is 0 Å². The smallest absolute Gasteiger partial charge is 0.00162 e. The van der Waals surface area contributed by atoms with Crippen molar-refractivity contribution in [1.82, 2.24) is 0 Å². The first-order chi connectivity index (χ1) is 13.5. The normalized spacial score (nSPS) is 15.2. The Kier molecular flexibility index (Phi) is 11.5. The van der Waals surface area contributed by atoms with Crippen LogP contribution in [-0.2, 0) is 0 Å². The van der Waals surface area contributed by atoms with Crippen LogP contribution in [0.25, 0.3) is 0 Å². The van der Waals surface area contributed by atoms with Gasteiger partial charge in [-0.1, -0.05) is 122 Å². The lowest BCUT2D eigenvalue weighted by Crippen LogP contribution is -2.47. The van der Waals surface area contributed by atoms with Crippen molar-refractivity contribution < 1.29 is 0 Å². The maximum Gasteiger partial charge on any atom is -0.00162 e. The molecule has 0 atom stereocenters. The maximum absolute atomic E-state index is 2.50. The first kappa shape index (κ1) is 29.7. The van der Waals surface area contributed by atoms with Gasteiger partial charge in [0.15, 0.2) is 0 Å². The van der Waals surface area contributed by atoms with Crippen molar-refractivity contribution in [2.45, 2.75) is 124 Å². The third-order valence-electron chi connectivity index (χ3n) is 8.37. The molecule has 0 aliphatic carbocycles. The summed E-state index contributed by atoms with van der Waals surface area (Å²) in [5.74, 6) is 5.18. The van der Waals surface area contributed by atoms with Crippen molar-refractivity contribution in [3.8, 4) is 0 Å². The van der Waals surface area contributed by atoms with E-state index in [-0.39, 0.29) is 10.8 Å². The van der Waals surface area contributed by atoms with Gasteiger partial charge in [0.05, 0.1) is 0 Å². The SMILES string of the molecule is CC(C)C/C(=C(/CC(C)C)C(C(C)C)(C(C)C)C(C)C)C(C(C)C)(C(C)C)C(C)C. The average molecular weight is 421 g/mol. The van der Waals surface area contributed by atoms with Crippen LogP contribution in [0.2, 0.25) is 0 Å². The topological polar surface area (TPSA) is 0 Å². The van der Waals surface area contributed by atoms with Gasteiger partial charge in [0.2, 0.25) is 0 Å². The molecule has 0 aromatic carbocycles. The number of hydrogen-bond donors (Lipinski definition) is 0. The van der Waals surface area contributed by atoms with Gasteiger partial charge < -0.3 is 0 Å². The number of allylic oxidation sites excluding steroid dienone is 2. The van der Waals surface area contributed by atoms with Crippen molar-refractivity contribution in [3.05, 3.63) is 11.1 Å². The summed E-state index contributed by atoms with van der Waals surface area (Å²) in [4.78, 5) is 0. The van der Waals surface area contributed by atoms with Crippen LogP contribution in [0.3, 0.4) is 0 Å². The van der Waals surface area contributed by atoms with Gasteiger partial charge in [0.25, 0.3) is 0 Å². The van der Waals surface area contributed by atoms with Crippen LogP contribution in [0.1, 0.15) is 124 Å². The van der Waals surface area contributed by atoms with Crippen LogP contribution in [0, 0.1) is 58.2 Å². The van der Waals surface area contributed by atoms with Crippen LogP contribution in [-0.4, -0.2) is 0 Å². The molecule has 30 heavy (non-hydrogen) atoms. The third-order valence-corrected chi connectivity index (χ3v) is 8.37. The van der Waals surface area contributed by atoms with E-state index in [0.717, 1.165) is 0 Å². The fraction of sp³-hybridized carbons (Fsp3) is 0.933. The first-order valence-electron chi connectivity index (χ1n) is 13.2. The van der Waals surface area contributed by atoms with E-state index >= 15 is 0 Å². The molecule has 0 fully saturated rings. The summed E-state index contributed by atoms with van der Waals surface area (Å²) in [6.07, 6.45) is 2.48. The summed E-state index contributed by atoms with van der Waals surface area (Å²) in [6, 6.07) is 0. The lowest BCUT2D eigenvalue weighted by molar-refractivity contribution is 0.0569. The molecule has 0 heterocycles. The fourth-order valence-corrected chi connectivity index (χ4v) is 8.03. The van der Waals surface area contributed by atoms with Crippen LogP contribution < -0.4 is 0 Å². The summed E-state index contributed by atoms with van der Waals surface area (Å²) >= 11 is 0. The predicted molar refractivity (Wildman–Crippen MR) is 140 cm³/mol. The highest BCUT2D eigenvalue weighted by Gasteiger charge is 2.50. The molecule has 0 heteroatoms. The summed E-state index contributed by atoms with van der Waals surface area (Å²) in [5.41, 5.74) is 4.17. The van der Waals surface area contributed by atoms with Crippen molar-refractivity contribution in [2.75, 3.05) is 0 Å². The zero-order valence-corrected chi connectivity index (χ0v) is 24.0. The van der Waals surface area contributed by atoms with E-state index < -0.39 is 0 Å². The lowest BCUT2D eigenvalue weighted by atomic mass is 9.50. The summed E-state index contributed by atoms with van der Waals surface area (Å²) < 4.78 is 0. The van der Waals surface area contributed by atoms with Gasteiger partial charge in [-0.25, -0.2) is 0 Å². The second-order valence-electron chi connectivity index (χ2n) is 12.9. The molecule has 0 aromatic heterocycles. The van der Waals surface area contributed by atoms with Crippen LogP contribution >= 0.6 is 0 Å². The highest BCUT2D eigenvalue weighted by molar-refractivity contribution is 5.33. The molecular formula is C30H60. The summed E-state index contributed by atoms with van der Waals surface area (Å²) in [5, 5.41) is 0. The van der Waals surface area contributed by atoms with Crippen molar-refractivity contribution in [1.29, 1.82) is 0 Å². The molecule has 0 amide bonds. The zero-order valence-electron chi connectivity index (χ0n) is 24.0. The van der Waals surface area contributed by atoms with Crippen molar-refractivity contribution in [3.63, 3.8) is 0 Å². The Labute approximate surface area is 193 Å². The second-order valence-corrected chi connectivity index (χ2v) is 12.9. The average Bonchev–Trinajstić information content (AvgIpc) is 2.51. The Balaban J connectivity index is 7.81. The highest BCUT2D eigenvalue weighted by Crippen LogP contribution is 2.59. The molecule has 0 aromatic rings. The van der Waals surface area contributed by atoms with E-state index in [0.29, 0.717) is 47.3 Å². The summed E-state index contributed by atoms with van der Waals surface area (Å²) in [6.45, 7) is 39.7. The maximum atomic E-state index is 2.50. The minimum absolute atomic E-state index is 0.248. The molecule has 0 bridgehead atoms. The Morgan fingerprint density at radius 1 is 0.367 bits per heavy atom. The van der Waals surface area contributed by atoms with E-state index in [2.05, 4.69) is 111 Å². The molecule has 0 N–H and O–H groups in total. The molecular weight excluding hydrogens is 360 g/mol. The van der Waals surface area contributed by atoms with Gasteiger partial charge in [-0.05, 0) is 71.0 Å². The van der Waals surface area contributed by atoms with Gasteiger partial charge in [-0.2, -0.15) is 0 Å². The van der Waals surface area contributed by atoms with Gasteiger partial charge in [-0.15, -0.1) is 0 Å². The molecule has 0 saturated heterocycles. The Morgan fingerprint density at radius 3 is 0.633 bits per heavy atom. The Morgan fingerprint density at radius 2 is 0.533 bits per heavy atom. The van der Waals surface area contributed by atoms with Gasteiger partial charge in [-0.3, -0.25) is 0 Å². The Hall–Kier alpha value is -0.260. The minimum atomic E-state index is 0.248. The molecule has 0 aliphatic rings. The largest absolute Gasteiger partial charge is 0.0632 e. The monoisotopic (exact) mass is 420 g/mol. The van der Waals surface area contributed by atoms with Crippen LogP contribution in [0.15, 0.2) is 11.1 Å². The van der Waals surface area contributed by atoms with Crippen LogP contribution in [0.4, 0.5) is 0 Å². The standard InChI is InChI=1S/C30H60/c1-19(2)17-27(29(21(5)6,22(7)8)23(9)10)28(18-20(3)4)30(24(11)12,25(13)14)26(15)16/h19-26H,17-18H2,1-16H3/b28-27+. The zero-order chi connectivity index (χ0) is 24.2. The quantitative estimate of drug-likeness (QED) is 0.275. The van der Waals surface area contributed by atoms with Crippen molar-refractivity contribution >= 4 is 0 Å². The van der Waals surface area contributed by atoms with E-state index in [1.165, 1.54) is 12.8 Å². The first-order valence-corrected chi connectivity index (χ1v) is 13.2. The number of hydrogen-bond acceptors (Lipinski definition) is 0. The summed E-state index contributed by atoms with van der Waals surface area (Å²) in [7, 11) is 0. The minimum Gasteiger partial charge on any atom is -0.0632 e. The van der Waals surface area contributed by atoms with E-state index in [1.54, 1.807) is 0 Å². The van der Waals surface area contributed by atoms with E-state index in [4.69, 9.17) is 0 Å². The van der Waals surface area contributed by atoms with Gasteiger partial charge in [0, 0.05) is 0 Å². The predicted octanol–water partition coefficient (Wildman–Crippen LogP) is 10.3. The molecule has 0 rings (SSSR count). The lowest BCUT2D eigenvalue weighted by Gasteiger charge is -2.55. The molecule has 180 valence electrons. The molecule has 0 spiro atoms. The molecule has 0 nitrogen and oxygen atoms in total. The fourth-order valence-electron chi connectivity index (χ4n) is 8.03. The molecule has 0 unspecified atom stereocenters. The van der Waals surface area contributed by atoms with Gasteiger partial charge in [0.1, 0.15) is 0 Å². The van der Waals surface area contributed by atoms with Crippen molar-refractivity contribution in [2.24, 2.45) is 58.2 Å². The van der Waals surface area contributed by atoms with Gasteiger partial charge >= 0.3 is 0 Å². The third kappa shape index (κ3) is 5.56. The molecule has 0 aliphatic heterocycles. The van der Waals surface area contributed by atoms with E-state index in [1.807, 2.05) is 11.1 Å². The second kappa shape index (κ2) is 11.6. The molecule has 0 saturated carbocycles. The molecule has 0 radical (unpaired) electrons. The number of rotatable bonds is 12. The Bertz CT molecular complexity index is 431.